The summed E-state index contributed by atoms with van der Waals surface area (Å²) in [6, 6.07) is 20.7. The second-order valence-corrected chi connectivity index (χ2v) is 7.85. The van der Waals surface area contributed by atoms with E-state index in [4.69, 9.17) is 9.57 Å². The molecule has 3 nitrogen and oxygen atoms in total. The van der Waals surface area contributed by atoms with Crippen molar-refractivity contribution in [1.82, 2.24) is 0 Å². The lowest BCUT2D eigenvalue weighted by Gasteiger charge is -2.45. The van der Waals surface area contributed by atoms with Crippen LogP contribution in [0.2, 0.25) is 0 Å². The van der Waals surface area contributed by atoms with Crippen LogP contribution in [-0.2, 0) is 10.6 Å². The van der Waals surface area contributed by atoms with Gasteiger partial charge in [-0.15, -0.1) is 4.65 Å². The maximum Gasteiger partial charge on any atom is 0.298 e. The molecule has 0 aliphatic carbocycles. The second-order valence-electron chi connectivity index (χ2n) is 7.85. The van der Waals surface area contributed by atoms with Gasteiger partial charge >= 0.3 is 0 Å². The van der Waals surface area contributed by atoms with Crippen molar-refractivity contribution in [2.75, 3.05) is 20.7 Å². The molecule has 0 saturated carbocycles. The van der Waals surface area contributed by atoms with Gasteiger partial charge in [0.15, 0.2) is 0 Å². The molecule has 0 heterocycles. The van der Waals surface area contributed by atoms with E-state index in [9.17, 15) is 0 Å². The lowest BCUT2D eigenvalue weighted by atomic mass is 9.93. The molecule has 154 valence electrons. The van der Waals surface area contributed by atoms with Gasteiger partial charge < -0.3 is 4.74 Å². The average Bonchev–Trinajstić information content (AvgIpc) is 2.71. The third-order valence-corrected chi connectivity index (χ3v) is 5.45. The highest BCUT2D eigenvalue weighted by molar-refractivity contribution is 5.26. The molecule has 0 radical (unpaired) electrons. The van der Waals surface area contributed by atoms with Crippen molar-refractivity contribution >= 4 is 0 Å². The van der Waals surface area contributed by atoms with Gasteiger partial charge in [-0.25, -0.2) is 4.84 Å². The Morgan fingerprint density at radius 2 is 1.32 bits per heavy atom. The number of para-hydroxylation sites is 1. The first-order valence-corrected chi connectivity index (χ1v) is 10.8. The molecule has 0 aliphatic heterocycles. The molecule has 0 amide bonds. The molecule has 0 fully saturated rings. The zero-order valence-electron chi connectivity index (χ0n) is 18.2. The number of hydrogen-bond donors (Lipinski definition) is 0. The molecular formula is C25H38NO2+. The Bertz CT molecular complexity index is 657. The van der Waals surface area contributed by atoms with Crippen molar-refractivity contribution in [1.29, 1.82) is 0 Å². The fourth-order valence-electron chi connectivity index (χ4n) is 3.90. The molecule has 0 saturated heterocycles. The minimum atomic E-state index is -0.594. The smallest absolute Gasteiger partial charge is 0.298 e. The number of benzene rings is 2. The molecule has 0 bridgehead atoms. The Hall–Kier alpha value is -1.84. The summed E-state index contributed by atoms with van der Waals surface area (Å²) in [6.45, 7) is 4.94. The van der Waals surface area contributed by atoms with E-state index in [-0.39, 0.29) is 0 Å². The first-order valence-electron chi connectivity index (χ1n) is 10.8. The highest BCUT2D eigenvalue weighted by Gasteiger charge is 2.51. The van der Waals surface area contributed by atoms with Gasteiger partial charge in [0.25, 0.3) is 5.72 Å². The van der Waals surface area contributed by atoms with Crippen LogP contribution < -0.4 is 4.74 Å². The highest BCUT2D eigenvalue weighted by atomic mass is 16.8. The molecule has 1 atom stereocenters. The fraction of sp³-hybridized carbons (Fsp3) is 0.520. The topological polar surface area (TPSA) is 18.5 Å². The van der Waals surface area contributed by atoms with Gasteiger partial charge in [0.2, 0.25) is 0 Å². The molecule has 2 aromatic carbocycles. The first-order chi connectivity index (χ1) is 13.6. The van der Waals surface area contributed by atoms with Gasteiger partial charge in [-0.2, -0.15) is 0 Å². The van der Waals surface area contributed by atoms with Gasteiger partial charge in [-0.1, -0.05) is 75.4 Å². The molecule has 28 heavy (non-hydrogen) atoms. The van der Waals surface area contributed by atoms with Gasteiger partial charge in [0.1, 0.15) is 26.5 Å². The molecular weight excluding hydrogens is 346 g/mol. The van der Waals surface area contributed by atoms with Crippen LogP contribution in [0.5, 0.6) is 5.75 Å². The summed E-state index contributed by atoms with van der Waals surface area (Å²) < 4.78 is 7.11. The zero-order chi connectivity index (χ0) is 20.3. The molecule has 0 N–H and O–H groups in total. The molecule has 2 aromatic rings. The predicted molar refractivity (Wildman–Crippen MR) is 117 cm³/mol. The maximum absolute atomic E-state index is 6.78. The summed E-state index contributed by atoms with van der Waals surface area (Å²) >= 11 is 0. The van der Waals surface area contributed by atoms with E-state index in [1.54, 1.807) is 0 Å². The summed E-state index contributed by atoms with van der Waals surface area (Å²) in [5, 5.41) is 0. The number of ether oxygens (including phenoxy) is 1. The van der Waals surface area contributed by atoms with Crippen LogP contribution in [0.1, 0.15) is 64.4 Å². The summed E-state index contributed by atoms with van der Waals surface area (Å²) in [5.41, 5.74) is 0.564. The Morgan fingerprint density at radius 3 is 1.93 bits per heavy atom. The van der Waals surface area contributed by atoms with Crippen LogP contribution in [0.25, 0.3) is 0 Å². The van der Waals surface area contributed by atoms with Crippen LogP contribution in [0, 0.1) is 0 Å². The lowest BCUT2D eigenvalue weighted by Crippen LogP contribution is -2.60. The van der Waals surface area contributed by atoms with Crippen LogP contribution >= 0.6 is 0 Å². The largest absolute Gasteiger partial charge is 0.433 e. The second kappa shape index (κ2) is 11.2. The van der Waals surface area contributed by atoms with Crippen LogP contribution in [-0.4, -0.2) is 25.3 Å². The fourth-order valence-corrected chi connectivity index (χ4v) is 3.90. The van der Waals surface area contributed by atoms with E-state index in [2.05, 4.69) is 51.4 Å². The monoisotopic (exact) mass is 384 g/mol. The predicted octanol–water partition coefficient (Wildman–Crippen LogP) is 6.70. The van der Waals surface area contributed by atoms with Crippen LogP contribution in [0.15, 0.2) is 60.7 Å². The van der Waals surface area contributed by atoms with Gasteiger partial charge in [0, 0.05) is 6.42 Å². The molecule has 0 spiro atoms. The Morgan fingerprint density at radius 1 is 0.750 bits per heavy atom. The average molecular weight is 385 g/mol. The Kier molecular flexibility index (Phi) is 9.01. The van der Waals surface area contributed by atoms with E-state index in [0.717, 1.165) is 24.2 Å². The standard InChI is InChI=1S/C25H38NO2/c1-5-7-8-9-10-17-22-25(26(3,4)27-6-2,23-18-13-11-14-19-23)28-24-20-15-12-16-21-24/h11-16,18-21H,5-10,17,22H2,1-4H3/q+1. The summed E-state index contributed by atoms with van der Waals surface area (Å²) in [4.78, 5) is 6.23. The molecule has 0 aliphatic rings. The van der Waals surface area contributed by atoms with Crippen molar-refractivity contribution < 1.29 is 14.2 Å². The van der Waals surface area contributed by atoms with Crippen molar-refractivity contribution in [2.24, 2.45) is 0 Å². The normalized spacial score (nSPS) is 13.9. The Labute approximate surface area is 171 Å². The SMILES string of the molecule is CCCCCCCCC(Oc1ccccc1)(c1ccccc1)[N+](C)(C)OCC. The summed E-state index contributed by atoms with van der Waals surface area (Å²) in [7, 11) is 4.22. The third kappa shape index (κ3) is 5.83. The van der Waals surface area contributed by atoms with E-state index in [0.29, 0.717) is 11.3 Å². The number of unbranched alkanes of at least 4 members (excludes halogenated alkanes) is 5. The third-order valence-electron chi connectivity index (χ3n) is 5.45. The molecule has 2 rings (SSSR count). The van der Waals surface area contributed by atoms with Crippen molar-refractivity contribution in [3.8, 4) is 5.75 Å². The number of rotatable bonds is 13. The summed E-state index contributed by atoms with van der Waals surface area (Å²) in [5.74, 6) is 0.878. The summed E-state index contributed by atoms with van der Waals surface area (Å²) in [6.07, 6.45) is 8.44. The van der Waals surface area contributed by atoms with E-state index in [1.165, 1.54) is 32.1 Å². The number of hydrogen-bond acceptors (Lipinski definition) is 2. The number of quaternary nitrogens is 1. The zero-order valence-corrected chi connectivity index (χ0v) is 18.2. The van der Waals surface area contributed by atoms with Crippen molar-refractivity contribution in [3.63, 3.8) is 0 Å². The molecule has 3 heteroatoms. The lowest BCUT2D eigenvalue weighted by molar-refractivity contribution is -1.14. The van der Waals surface area contributed by atoms with E-state index < -0.39 is 5.72 Å². The van der Waals surface area contributed by atoms with Crippen LogP contribution in [0.4, 0.5) is 0 Å². The minimum Gasteiger partial charge on any atom is -0.433 e. The minimum absolute atomic E-state index is 0.331. The van der Waals surface area contributed by atoms with Crippen LogP contribution in [0.3, 0.4) is 0 Å². The van der Waals surface area contributed by atoms with Crippen molar-refractivity contribution in [3.05, 3.63) is 66.2 Å². The first kappa shape index (κ1) is 22.4. The number of nitrogens with zero attached hydrogens (tertiary/aromatic N) is 1. The molecule has 0 aromatic heterocycles. The van der Waals surface area contributed by atoms with Gasteiger partial charge in [-0.05, 0) is 37.6 Å². The number of hydroxylamine groups is 3. The van der Waals surface area contributed by atoms with Gasteiger partial charge in [-0.3, -0.25) is 0 Å². The maximum atomic E-state index is 6.78. The molecule has 1 unspecified atom stereocenters. The highest BCUT2D eigenvalue weighted by Crippen LogP contribution is 2.40. The quantitative estimate of drug-likeness (QED) is 0.166. The van der Waals surface area contributed by atoms with E-state index >= 15 is 0 Å². The van der Waals surface area contributed by atoms with Crippen molar-refractivity contribution in [2.45, 2.75) is 64.5 Å². The van der Waals surface area contributed by atoms with E-state index in [1.807, 2.05) is 37.3 Å². The van der Waals surface area contributed by atoms with Gasteiger partial charge in [0.05, 0.1) is 5.56 Å². The Balaban J connectivity index is 2.34.